The fourth-order valence-electron chi connectivity index (χ4n) is 8.08. The van der Waals surface area contributed by atoms with E-state index in [0.717, 1.165) is 43.3 Å². The van der Waals surface area contributed by atoms with E-state index < -0.39 is 23.6 Å². The van der Waals surface area contributed by atoms with E-state index in [0.29, 0.717) is 38.2 Å². The molecule has 1 saturated heterocycles. The fraction of sp³-hybridized carbons (Fsp3) is 0.800. The van der Waals surface area contributed by atoms with Gasteiger partial charge in [-0.05, 0) is 67.3 Å². The molecule has 0 radical (unpaired) electrons. The van der Waals surface area contributed by atoms with Crippen molar-refractivity contribution in [2.24, 2.45) is 28.6 Å². The lowest BCUT2D eigenvalue weighted by Crippen LogP contribution is -2.55. The van der Waals surface area contributed by atoms with Gasteiger partial charge >= 0.3 is 5.97 Å². The monoisotopic (exact) mass is 452 g/mol. The summed E-state index contributed by atoms with van der Waals surface area (Å²) < 4.78 is 52.1. The molecule has 7 heteroatoms. The van der Waals surface area contributed by atoms with Crippen LogP contribution in [0.1, 0.15) is 58.3 Å². The van der Waals surface area contributed by atoms with Crippen LogP contribution in [-0.2, 0) is 23.7 Å². The molecule has 4 fully saturated rings. The van der Waals surface area contributed by atoms with Gasteiger partial charge in [0, 0.05) is 12.8 Å². The number of rotatable bonds is 3. The Labute approximate surface area is 188 Å². The van der Waals surface area contributed by atoms with Crippen LogP contribution in [0.15, 0.2) is 23.0 Å². The molecule has 5 nitrogen and oxygen atoms in total. The minimum atomic E-state index is -2.40. The van der Waals surface area contributed by atoms with E-state index in [2.05, 4.69) is 13.0 Å². The van der Waals surface area contributed by atoms with E-state index in [1.807, 2.05) is 0 Å². The minimum absolute atomic E-state index is 0.0530. The topological polar surface area (TPSA) is 54.0 Å². The van der Waals surface area contributed by atoms with Gasteiger partial charge in [0.25, 0.3) is 0 Å². The van der Waals surface area contributed by atoms with Crippen molar-refractivity contribution >= 4 is 5.97 Å². The van der Waals surface area contributed by atoms with Crippen molar-refractivity contribution in [3.8, 4) is 0 Å². The SMILES string of the molecule is COC(=O)C(OC)=C1CC[C@H]2[C@@H]3CC=C4CC5(CC[C@]4(C(F)F)[C@H]3CC[C@]12C)OCCO5. The Balaban J connectivity index is 1.50. The molecule has 0 amide bonds. The summed E-state index contributed by atoms with van der Waals surface area (Å²) in [6, 6.07) is 0. The Morgan fingerprint density at radius 3 is 2.50 bits per heavy atom. The number of alkyl halides is 2. The highest BCUT2D eigenvalue weighted by Gasteiger charge is 2.64. The lowest BCUT2D eigenvalue weighted by atomic mass is 9.47. The zero-order valence-electron chi connectivity index (χ0n) is 19.3. The van der Waals surface area contributed by atoms with Crippen LogP contribution < -0.4 is 0 Å². The van der Waals surface area contributed by atoms with Crippen LogP contribution in [0.5, 0.6) is 0 Å². The summed E-state index contributed by atoms with van der Waals surface area (Å²) >= 11 is 0. The van der Waals surface area contributed by atoms with Crippen LogP contribution in [0, 0.1) is 28.6 Å². The number of carbonyl (C=O) groups is 1. The van der Waals surface area contributed by atoms with E-state index in [-0.39, 0.29) is 23.2 Å². The van der Waals surface area contributed by atoms with E-state index >= 15 is 0 Å². The van der Waals surface area contributed by atoms with Gasteiger partial charge in [-0.15, -0.1) is 0 Å². The summed E-state index contributed by atoms with van der Waals surface area (Å²) in [5.41, 5.74) is 0.560. The third-order valence-corrected chi connectivity index (χ3v) is 9.55. The first-order chi connectivity index (χ1) is 15.3. The summed E-state index contributed by atoms with van der Waals surface area (Å²) in [7, 11) is 2.87. The van der Waals surface area contributed by atoms with Gasteiger partial charge in [-0.25, -0.2) is 13.6 Å². The van der Waals surface area contributed by atoms with Crippen LogP contribution in [-0.4, -0.2) is 45.6 Å². The van der Waals surface area contributed by atoms with Crippen molar-refractivity contribution < 1.29 is 32.5 Å². The summed E-state index contributed by atoms with van der Waals surface area (Å²) in [6.45, 7) is 3.28. The van der Waals surface area contributed by atoms with E-state index in [1.165, 1.54) is 14.2 Å². The lowest BCUT2D eigenvalue weighted by molar-refractivity contribution is -0.201. The van der Waals surface area contributed by atoms with Gasteiger partial charge in [0.05, 0.1) is 32.8 Å². The Kier molecular flexibility index (Phi) is 5.44. The molecular formula is C25H34F2O5. The van der Waals surface area contributed by atoms with E-state index in [4.69, 9.17) is 18.9 Å². The van der Waals surface area contributed by atoms with Crippen LogP contribution in [0.4, 0.5) is 8.78 Å². The molecule has 5 atom stereocenters. The van der Waals surface area contributed by atoms with Crippen LogP contribution in [0.3, 0.4) is 0 Å². The number of methoxy groups -OCH3 is 2. The second-order valence-corrected chi connectivity index (χ2v) is 10.5. The number of fused-ring (bicyclic) bond motifs is 5. The predicted molar refractivity (Wildman–Crippen MR) is 113 cm³/mol. The third kappa shape index (κ3) is 2.96. The highest BCUT2D eigenvalue weighted by atomic mass is 19.3. The van der Waals surface area contributed by atoms with Crippen LogP contribution in [0.25, 0.3) is 0 Å². The summed E-state index contributed by atoms with van der Waals surface area (Å²) in [4.78, 5) is 12.3. The largest absolute Gasteiger partial charge is 0.490 e. The summed E-state index contributed by atoms with van der Waals surface area (Å²) in [5, 5.41) is 0. The zero-order chi connectivity index (χ0) is 22.7. The highest BCUT2D eigenvalue weighted by Crippen LogP contribution is 2.68. The standard InChI is InChI=1S/C25H34F2O5/c1-23-9-8-18-16(17(23)6-7-19(23)20(29-2)21(28)30-3)5-4-15-14-24(31-12-13-32-24)10-11-25(15,18)22(26)27/h4,16-18,22H,5-14H2,1-3H3/t16-,17-,18-,23-,25+/m0/s1. The van der Waals surface area contributed by atoms with Gasteiger partial charge in [-0.3, -0.25) is 0 Å². The van der Waals surface area contributed by atoms with Crippen molar-refractivity contribution in [3.05, 3.63) is 23.0 Å². The molecule has 5 aliphatic rings. The fourth-order valence-corrected chi connectivity index (χ4v) is 8.08. The Morgan fingerprint density at radius 1 is 1.09 bits per heavy atom. The Bertz CT molecular complexity index is 845. The number of hydrogen-bond donors (Lipinski definition) is 0. The molecule has 178 valence electrons. The maximum absolute atomic E-state index is 14.9. The highest BCUT2D eigenvalue weighted by molar-refractivity contribution is 5.87. The number of carbonyl (C=O) groups excluding carboxylic acids is 1. The van der Waals surface area contributed by atoms with Crippen molar-refractivity contribution in [1.29, 1.82) is 0 Å². The van der Waals surface area contributed by atoms with Crippen LogP contribution in [0.2, 0.25) is 0 Å². The van der Waals surface area contributed by atoms with Crippen molar-refractivity contribution in [2.75, 3.05) is 27.4 Å². The second kappa shape index (κ2) is 7.79. The molecule has 0 aromatic heterocycles. The first kappa shape index (κ1) is 22.3. The third-order valence-electron chi connectivity index (χ3n) is 9.55. The van der Waals surface area contributed by atoms with Crippen molar-refractivity contribution in [2.45, 2.75) is 70.5 Å². The number of allylic oxidation sites excluding steroid dienone is 2. The molecule has 32 heavy (non-hydrogen) atoms. The molecule has 1 heterocycles. The van der Waals surface area contributed by atoms with E-state index in [9.17, 15) is 13.6 Å². The molecule has 0 unspecified atom stereocenters. The van der Waals surface area contributed by atoms with Gasteiger partial charge in [0.2, 0.25) is 12.2 Å². The first-order valence-electron chi connectivity index (χ1n) is 11.9. The number of ether oxygens (including phenoxy) is 4. The number of halogens is 2. The number of hydrogen-bond acceptors (Lipinski definition) is 5. The van der Waals surface area contributed by atoms with Crippen molar-refractivity contribution in [3.63, 3.8) is 0 Å². The van der Waals surface area contributed by atoms with Crippen molar-refractivity contribution in [1.82, 2.24) is 0 Å². The number of esters is 1. The van der Waals surface area contributed by atoms with Crippen LogP contribution >= 0.6 is 0 Å². The van der Waals surface area contributed by atoms with Gasteiger partial charge in [0.15, 0.2) is 5.79 Å². The summed E-state index contributed by atoms with van der Waals surface area (Å²) in [6.07, 6.45) is 5.07. The summed E-state index contributed by atoms with van der Waals surface area (Å²) in [5.74, 6) is -0.453. The average molecular weight is 453 g/mol. The molecule has 0 N–H and O–H groups in total. The molecular weight excluding hydrogens is 418 g/mol. The molecule has 1 spiro atoms. The maximum atomic E-state index is 14.9. The molecule has 3 saturated carbocycles. The Morgan fingerprint density at radius 2 is 1.84 bits per heavy atom. The normalized spacial score (nSPS) is 41.6. The zero-order valence-corrected chi connectivity index (χ0v) is 19.3. The van der Waals surface area contributed by atoms with Gasteiger partial charge in [0.1, 0.15) is 0 Å². The maximum Gasteiger partial charge on any atom is 0.373 e. The predicted octanol–water partition coefficient (Wildman–Crippen LogP) is 5.01. The quantitative estimate of drug-likeness (QED) is 0.261. The molecule has 1 aliphatic heterocycles. The molecule has 4 aliphatic carbocycles. The lowest BCUT2D eigenvalue weighted by Gasteiger charge is -2.58. The molecule has 5 rings (SSSR count). The van der Waals surface area contributed by atoms with Gasteiger partial charge < -0.3 is 18.9 Å². The Hall–Kier alpha value is -1.47. The average Bonchev–Trinajstić information content (AvgIpc) is 3.38. The first-order valence-corrected chi connectivity index (χ1v) is 11.9. The molecule has 0 bridgehead atoms. The molecule has 0 aromatic carbocycles. The smallest absolute Gasteiger partial charge is 0.373 e. The molecule has 0 aromatic rings. The second-order valence-electron chi connectivity index (χ2n) is 10.5. The minimum Gasteiger partial charge on any atom is -0.490 e. The van der Waals surface area contributed by atoms with E-state index in [1.54, 1.807) is 0 Å². The van der Waals surface area contributed by atoms with Gasteiger partial charge in [-0.1, -0.05) is 18.6 Å². The van der Waals surface area contributed by atoms with Gasteiger partial charge in [-0.2, -0.15) is 0 Å².